The van der Waals surface area contributed by atoms with Crippen molar-refractivity contribution in [2.75, 3.05) is 18.4 Å². The van der Waals surface area contributed by atoms with Crippen LogP contribution in [0.5, 0.6) is 0 Å². The van der Waals surface area contributed by atoms with Gasteiger partial charge in [0.1, 0.15) is 0 Å². The number of amides is 2. The number of rotatable bonds is 2. The monoisotopic (exact) mass is 282 g/mol. The molecule has 0 radical (unpaired) electrons. The molecule has 19 heavy (non-hydrogen) atoms. The van der Waals surface area contributed by atoms with Gasteiger partial charge in [0.15, 0.2) is 0 Å². The fourth-order valence-corrected chi connectivity index (χ4v) is 2.53. The maximum absolute atomic E-state index is 12.2. The van der Waals surface area contributed by atoms with E-state index in [-0.39, 0.29) is 18.1 Å². The van der Waals surface area contributed by atoms with Crippen molar-refractivity contribution >= 4 is 23.3 Å². The van der Waals surface area contributed by atoms with Crippen molar-refractivity contribution in [3.8, 4) is 0 Å². The van der Waals surface area contributed by atoms with E-state index in [0.29, 0.717) is 17.3 Å². The van der Waals surface area contributed by atoms with Crippen molar-refractivity contribution in [3.63, 3.8) is 0 Å². The van der Waals surface area contributed by atoms with Gasteiger partial charge in [0.2, 0.25) is 0 Å². The van der Waals surface area contributed by atoms with Crippen LogP contribution in [0.15, 0.2) is 24.3 Å². The van der Waals surface area contributed by atoms with E-state index in [1.165, 1.54) is 0 Å². The van der Waals surface area contributed by atoms with Crippen LogP contribution in [0.4, 0.5) is 10.5 Å². The summed E-state index contributed by atoms with van der Waals surface area (Å²) in [6.07, 6.45) is 1.51. The number of nitrogens with zero attached hydrogens (tertiary/aromatic N) is 1. The standard InChI is InChI=1S/C14H19ClN2O2/c1-10(18)11-5-4-8-17(9-11)14(19)16-13-7-3-2-6-12(13)15/h2-3,6-7,10-11,18H,4-5,8-9H2,1H3,(H,16,19). The average Bonchev–Trinajstić information content (AvgIpc) is 2.41. The Bertz CT molecular complexity index is 451. The van der Waals surface area contributed by atoms with Gasteiger partial charge < -0.3 is 15.3 Å². The molecular formula is C14H19ClN2O2. The number of hydrogen-bond donors (Lipinski definition) is 2. The molecule has 5 heteroatoms. The predicted molar refractivity (Wildman–Crippen MR) is 76.4 cm³/mol. The number of aliphatic hydroxyl groups is 1. The van der Waals surface area contributed by atoms with Gasteiger partial charge in [-0.3, -0.25) is 0 Å². The zero-order valence-corrected chi connectivity index (χ0v) is 11.7. The van der Waals surface area contributed by atoms with E-state index in [9.17, 15) is 9.90 Å². The molecule has 2 rings (SSSR count). The van der Waals surface area contributed by atoms with Gasteiger partial charge in [0, 0.05) is 19.0 Å². The normalized spacial score (nSPS) is 21.0. The van der Waals surface area contributed by atoms with Crippen LogP contribution in [0.25, 0.3) is 0 Å². The van der Waals surface area contributed by atoms with E-state index in [1.54, 1.807) is 24.0 Å². The number of halogens is 1. The summed E-state index contributed by atoms with van der Waals surface area (Å²) in [5.41, 5.74) is 0.619. The Hall–Kier alpha value is -1.26. The van der Waals surface area contributed by atoms with Crippen molar-refractivity contribution in [1.29, 1.82) is 0 Å². The third-order valence-electron chi connectivity index (χ3n) is 3.54. The summed E-state index contributed by atoms with van der Waals surface area (Å²) in [5.74, 6) is 0.158. The van der Waals surface area contributed by atoms with Gasteiger partial charge in [-0.25, -0.2) is 4.79 Å². The summed E-state index contributed by atoms with van der Waals surface area (Å²) >= 11 is 6.01. The van der Waals surface area contributed by atoms with Gasteiger partial charge >= 0.3 is 6.03 Å². The van der Waals surface area contributed by atoms with Gasteiger partial charge in [-0.05, 0) is 31.9 Å². The van der Waals surface area contributed by atoms with Crippen LogP contribution in [0, 0.1) is 5.92 Å². The molecule has 1 aliphatic rings. The van der Waals surface area contributed by atoms with Gasteiger partial charge in [-0.2, -0.15) is 0 Å². The zero-order valence-electron chi connectivity index (χ0n) is 11.0. The van der Waals surface area contributed by atoms with Crippen LogP contribution in [0.2, 0.25) is 5.02 Å². The first-order chi connectivity index (χ1) is 9.08. The predicted octanol–water partition coefficient (Wildman–Crippen LogP) is 2.96. The Balaban J connectivity index is 1.98. The number of urea groups is 1. The van der Waals surface area contributed by atoms with Crippen LogP contribution in [0.1, 0.15) is 19.8 Å². The smallest absolute Gasteiger partial charge is 0.321 e. The summed E-state index contributed by atoms with van der Waals surface area (Å²) in [4.78, 5) is 13.9. The van der Waals surface area contributed by atoms with Gasteiger partial charge in [0.25, 0.3) is 0 Å². The van der Waals surface area contributed by atoms with Crippen LogP contribution in [0.3, 0.4) is 0 Å². The molecule has 1 heterocycles. The number of carbonyl (C=O) groups excluding carboxylic acids is 1. The third-order valence-corrected chi connectivity index (χ3v) is 3.87. The second-order valence-corrected chi connectivity index (χ2v) is 5.41. The van der Waals surface area contributed by atoms with Crippen LogP contribution in [-0.4, -0.2) is 35.2 Å². The molecule has 0 aliphatic carbocycles. The molecule has 2 unspecified atom stereocenters. The summed E-state index contributed by atoms with van der Waals surface area (Å²) < 4.78 is 0. The van der Waals surface area contributed by atoms with E-state index in [1.807, 2.05) is 12.1 Å². The lowest BCUT2D eigenvalue weighted by atomic mass is 9.94. The number of piperidine rings is 1. The molecule has 0 aromatic heterocycles. The highest BCUT2D eigenvalue weighted by atomic mass is 35.5. The molecule has 1 aliphatic heterocycles. The average molecular weight is 283 g/mol. The van der Waals surface area contributed by atoms with E-state index in [2.05, 4.69) is 5.32 Å². The van der Waals surface area contributed by atoms with Crippen LogP contribution < -0.4 is 5.32 Å². The first-order valence-electron chi connectivity index (χ1n) is 6.56. The largest absolute Gasteiger partial charge is 0.393 e. The highest BCUT2D eigenvalue weighted by Gasteiger charge is 2.26. The Labute approximate surface area is 118 Å². The summed E-state index contributed by atoms with van der Waals surface area (Å²) in [5, 5.41) is 13.0. The third kappa shape index (κ3) is 3.61. The second-order valence-electron chi connectivity index (χ2n) is 5.00. The number of carbonyl (C=O) groups is 1. The topological polar surface area (TPSA) is 52.6 Å². The quantitative estimate of drug-likeness (QED) is 0.876. The SMILES string of the molecule is CC(O)C1CCCN(C(=O)Nc2ccccc2Cl)C1. The number of likely N-dealkylation sites (tertiary alicyclic amines) is 1. The van der Waals surface area contributed by atoms with Crippen molar-refractivity contribution in [3.05, 3.63) is 29.3 Å². The van der Waals surface area contributed by atoms with E-state index >= 15 is 0 Å². The van der Waals surface area contributed by atoms with E-state index in [4.69, 9.17) is 11.6 Å². The zero-order chi connectivity index (χ0) is 13.8. The summed E-state index contributed by atoms with van der Waals surface area (Å²) in [6.45, 7) is 3.09. The van der Waals surface area contributed by atoms with E-state index in [0.717, 1.165) is 19.4 Å². The Kier molecular flexibility index (Phi) is 4.66. The minimum atomic E-state index is -0.379. The molecular weight excluding hydrogens is 264 g/mol. The fraction of sp³-hybridized carbons (Fsp3) is 0.500. The minimum absolute atomic E-state index is 0.154. The van der Waals surface area contributed by atoms with Crippen molar-refractivity contribution in [2.45, 2.75) is 25.9 Å². The van der Waals surface area contributed by atoms with Crippen LogP contribution >= 0.6 is 11.6 Å². The lowest BCUT2D eigenvalue weighted by molar-refractivity contribution is 0.0766. The number of para-hydroxylation sites is 1. The van der Waals surface area contributed by atoms with Crippen molar-refractivity contribution < 1.29 is 9.90 Å². The molecule has 0 spiro atoms. The Morgan fingerprint density at radius 1 is 1.53 bits per heavy atom. The number of nitrogens with one attached hydrogen (secondary N) is 1. The molecule has 4 nitrogen and oxygen atoms in total. The summed E-state index contributed by atoms with van der Waals surface area (Å²) in [7, 11) is 0. The molecule has 2 atom stereocenters. The van der Waals surface area contributed by atoms with Crippen LogP contribution in [-0.2, 0) is 0 Å². The van der Waals surface area contributed by atoms with Gasteiger partial charge in [0.05, 0.1) is 16.8 Å². The maximum atomic E-state index is 12.2. The number of benzene rings is 1. The van der Waals surface area contributed by atoms with Gasteiger partial charge in [-0.1, -0.05) is 23.7 Å². The molecule has 1 aromatic rings. The molecule has 0 bridgehead atoms. The highest BCUT2D eigenvalue weighted by Crippen LogP contribution is 2.23. The second kappa shape index (κ2) is 6.26. The minimum Gasteiger partial charge on any atom is -0.393 e. The lowest BCUT2D eigenvalue weighted by Crippen LogP contribution is -2.44. The molecule has 0 saturated carbocycles. The number of anilines is 1. The van der Waals surface area contributed by atoms with Crippen molar-refractivity contribution in [2.24, 2.45) is 5.92 Å². The maximum Gasteiger partial charge on any atom is 0.321 e. The van der Waals surface area contributed by atoms with Crippen molar-refractivity contribution in [1.82, 2.24) is 4.90 Å². The number of hydrogen-bond acceptors (Lipinski definition) is 2. The first-order valence-corrected chi connectivity index (χ1v) is 6.94. The summed E-state index contributed by atoms with van der Waals surface area (Å²) in [6, 6.07) is 7.01. The molecule has 1 fully saturated rings. The van der Waals surface area contributed by atoms with Gasteiger partial charge in [-0.15, -0.1) is 0 Å². The Morgan fingerprint density at radius 3 is 2.95 bits per heavy atom. The lowest BCUT2D eigenvalue weighted by Gasteiger charge is -2.34. The fourth-order valence-electron chi connectivity index (χ4n) is 2.35. The highest BCUT2D eigenvalue weighted by molar-refractivity contribution is 6.33. The number of aliphatic hydroxyl groups excluding tert-OH is 1. The molecule has 2 N–H and O–H groups in total. The molecule has 1 aromatic carbocycles. The Morgan fingerprint density at radius 2 is 2.26 bits per heavy atom. The first kappa shape index (κ1) is 14.2. The molecule has 2 amide bonds. The molecule has 104 valence electrons. The van der Waals surface area contributed by atoms with E-state index < -0.39 is 0 Å². The molecule has 1 saturated heterocycles.